The second kappa shape index (κ2) is 15.9. The highest BCUT2D eigenvalue weighted by Crippen LogP contribution is 2.22. The first-order valence-corrected chi connectivity index (χ1v) is 15.1. The summed E-state index contributed by atoms with van der Waals surface area (Å²) >= 11 is 0. The van der Waals surface area contributed by atoms with Crippen LogP contribution in [0, 0.1) is 36.2 Å². The molecule has 1 heterocycles. The lowest BCUT2D eigenvalue weighted by atomic mass is 9.97. The van der Waals surface area contributed by atoms with Crippen molar-refractivity contribution in [3.05, 3.63) is 136 Å². The predicted octanol–water partition coefficient (Wildman–Crippen LogP) is 6.54. The fourth-order valence-electron chi connectivity index (χ4n) is 5.12. The minimum Gasteiger partial charge on any atom is -0.385 e. The van der Waals surface area contributed by atoms with E-state index in [9.17, 15) is 27.9 Å². The third kappa shape index (κ3) is 9.29. The molecule has 0 radical (unpaired) electrons. The van der Waals surface area contributed by atoms with E-state index in [0.29, 0.717) is 35.3 Å². The Bertz CT molecular complexity index is 1720. The van der Waals surface area contributed by atoms with Gasteiger partial charge in [-0.05, 0) is 98.0 Å². The van der Waals surface area contributed by atoms with Crippen LogP contribution in [0.25, 0.3) is 0 Å². The van der Waals surface area contributed by atoms with Crippen LogP contribution in [0.4, 0.5) is 13.2 Å². The number of aryl methyl sites for hydroxylation is 1. The number of hydrogen-bond donors (Lipinski definition) is 2. The lowest BCUT2D eigenvalue weighted by Gasteiger charge is -2.25. The van der Waals surface area contributed by atoms with Crippen molar-refractivity contribution in [2.75, 3.05) is 13.1 Å². The molecule has 1 unspecified atom stereocenters. The van der Waals surface area contributed by atoms with Crippen LogP contribution >= 0.6 is 0 Å². The van der Waals surface area contributed by atoms with Gasteiger partial charge in [0.2, 0.25) is 0 Å². The number of aliphatic hydroxyl groups is 1. The van der Waals surface area contributed by atoms with E-state index >= 15 is 0 Å². The minimum absolute atomic E-state index is 0.122. The Morgan fingerprint density at radius 2 is 1.52 bits per heavy atom. The second-order valence-electron chi connectivity index (χ2n) is 11.1. The number of benzene rings is 3. The van der Waals surface area contributed by atoms with E-state index in [0.717, 1.165) is 31.0 Å². The standard InChI is InChI=1S/C37H36F3N3O3/c1-4-13-43(14-5-2)37(46)29-16-24(3)15-28(21-29)36(45)42-34(20-27-18-31(39)22-32(40)19-27)35(44)33-12-11-26(23-41-33)10-9-25-7-6-8-30(38)17-25/h6-8,11-12,15-19,21-23,34-35,44H,4-5,13-14,20H2,1-3H3,(H,42,45)/t34-,35?/m0/s1. The molecule has 0 aliphatic carbocycles. The Morgan fingerprint density at radius 1 is 0.848 bits per heavy atom. The number of nitrogens with one attached hydrogen (secondary N) is 1. The SMILES string of the molecule is CCCN(CCC)C(=O)c1cc(C)cc(C(=O)N[C@@H](Cc2cc(F)cc(F)c2)C(O)c2ccc(C#Cc3cccc(F)c3)cn2)c1. The maximum absolute atomic E-state index is 14.1. The van der Waals surface area contributed by atoms with Crippen LogP contribution in [0.1, 0.15) is 81.5 Å². The molecule has 4 aromatic rings. The number of nitrogens with zero attached hydrogens (tertiary/aromatic N) is 2. The fourth-order valence-corrected chi connectivity index (χ4v) is 5.12. The van der Waals surface area contributed by atoms with E-state index in [-0.39, 0.29) is 29.1 Å². The molecule has 4 rings (SSSR count). The third-order valence-electron chi connectivity index (χ3n) is 7.20. The van der Waals surface area contributed by atoms with Gasteiger partial charge in [-0.25, -0.2) is 13.2 Å². The predicted molar refractivity (Wildman–Crippen MR) is 171 cm³/mol. The molecule has 9 heteroatoms. The van der Waals surface area contributed by atoms with Gasteiger partial charge >= 0.3 is 0 Å². The smallest absolute Gasteiger partial charge is 0.253 e. The first kappa shape index (κ1) is 33.9. The maximum Gasteiger partial charge on any atom is 0.253 e. The Morgan fingerprint density at radius 3 is 2.15 bits per heavy atom. The molecule has 0 saturated carbocycles. The van der Waals surface area contributed by atoms with Crippen LogP contribution in [-0.4, -0.2) is 45.9 Å². The first-order valence-electron chi connectivity index (χ1n) is 15.1. The van der Waals surface area contributed by atoms with Crippen molar-refractivity contribution in [2.45, 2.75) is 52.2 Å². The summed E-state index contributed by atoms with van der Waals surface area (Å²) in [4.78, 5) is 33.0. The van der Waals surface area contributed by atoms with Crippen molar-refractivity contribution in [3.8, 4) is 11.8 Å². The third-order valence-corrected chi connectivity index (χ3v) is 7.20. The molecule has 0 spiro atoms. The second-order valence-corrected chi connectivity index (χ2v) is 11.1. The summed E-state index contributed by atoms with van der Waals surface area (Å²) in [5.74, 6) is 2.99. The molecule has 2 N–H and O–H groups in total. The van der Waals surface area contributed by atoms with Gasteiger partial charge < -0.3 is 15.3 Å². The van der Waals surface area contributed by atoms with Gasteiger partial charge in [0.1, 0.15) is 23.6 Å². The lowest BCUT2D eigenvalue weighted by molar-refractivity contribution is 0.0755. The van der Waals surface area contributed by atoms with Gasteiger partial charge in [-0.3, -0.25) is 14.6 Å². The monoisotopic (exact) mass is 627 g/mol. The summed E-state index contributed by atoms with van der Waals surface area (Å²) in [6.45, 7) is 6.93. The first-order chi connectivity index (χ1) is 22.1. The molecular formula is C37H36F3N3O3. The van der Waals surface area contributed by atoms with Crippen molar-refractivity contribution in [2.24, 2.45) is 0 Å². The number of amides is 2. The molecule has 0 aliphatic heterocycles. The maximum atomic E-state index is 14.1. The van der Waals surface area contributed by atoms with Gasteiger partial charge in [-0.1, -0.05) is 31.8 Å². The molecule has 0 fully saturated rings. The van der Waals surface area contributed by atoms with Gasteiger partial charge in [0.25, 0.3) is 11.8 Å². The van der Waals surface area contributed by atoms with Gasteiger partial charge in [0, 0.05) is 47.6 Å². The Labute approximate surface area is 267 Å². The highest BCUT2D eigenvalue weighted by Gasteiger charge is 2.26. The van der Waals surface area contributed by atoms with E-state index in [1.54, 1.807) is 42.2 Å². The lowest BCUT2D eigenvalue weighted by Crippen LogP contribution is -2.41. The van der Waals surface area contributed by atoms with Crippen LogP contribution in [-0.2, 0) is 6.42 Å². The molecule has 0 bridgehead atoms. The van der Waals surface area contributed by atoms with Gasteiger partial charge in [-0.2, -0.15) is 0 Å². The van der Waals surface area contributed by atoms with Crippen LogP contribution in [0.3, 0.4) is 0 Å². The van der Waals surface area contributed by atoms with Gasteiger partial charge in [-0.15, -0.1) is 0 Å². The number of aliphatic hydroxyl groups excluding tert-OH is 1. The van der Waals surface area contributed by atoms with Crippen molar-refractivity contribution in [3.63, 3.8) is 0 Å². The molecule has 46 heavy (non-hydrogen) atoms. The largest absolute Gasteiger partial charge is 0.385 e. The molecule has 238 valence electrons. The van der Waals surface area contributed by atoms with Crippen molar-refractivity contribution >= 4 is 11.8 Å². The fraction of sp³-hybridized carbons (Fsp3) is 0.270. The molecule has 2 amide bonds. The summed E-state index contributed by atoms with van der Waals surface area (Å²) in [7, 11) is 0. The number of aromatic nitrogens is 1. The molecule has 1 aromatic heterocycles. The number of hydrogen-bond acceptors (Lipinski definition) is 4. The van der Waals surface area contributed by atoms with E-state index < -0.39 is 35.5 Å². The number of carbonyl (C=O) groups is 2. The average molecular weight is 628 g/mol. The topological polar surface area (TPSA) is 82.5 Å². The molecule has 6 nitrogen and oxygen atoms in total. The summed E-state index contributed by atoms with van der Waals surface area (Å²) in [5, 5.41) is 14.2. The van der Waals surface area contributed by atoms with E-state index in [4.69, 9.17) is 0 Å². The van der Waals surface area contributed by atoms with Crippen LogP contribution < -0.4 is 5.32 Å². The van der Waals surface area contributed by atoms with E-state index in [2.05, 4.69) is 22.1 Å². The minimum atomic E-state index is -1.38. The summed E-state index contributed by atoms with van der Waals surface area (Å²) < 4.78 is 41.6. The van der Waals surface area contributed by atoms with Crippen LogP contribution in [0.2, 0.25) is 0 Å². The van der Waals surface area contributed by atoms with Gasteiger partial charge in [0.05, 0.1) is 11.7 Å². The molecule has 0 saturated heterocycles. The van der Waals surface area contributed by atoms with Crippen LogP contribution in [0.5, 0.6) is 0 Å². The number of rotatable bonds is 11. The molecular weight excluding hydrogens is 591 g/mol. The zero-order valence-electron chi connectivity index (χ0n) is 26.0. The van der Waals surface area contributed by atoms with Gasteiger partial charge in [0.15, 0.2) is 0 Å². The molecule has 0 aliphatic rings. The van der Waals surface area contributed by atoms with Crippen molar-refractivity contribution in [1.29, 1.82) is 0 Å². The highest BCUT2D eigenvalue weighted by atomic mass is 19.1. The molecule has 3 aromatic carbocycles. The quantitative estimate of drug-likeness (QED) is 0.185. The zero-order chi connectivity index (χ0) is 33.2. The molecule has 2 atom stereocenters. The Hall–Kier alpha value is -4.94. The highest BCUT2D eigenvalue weighted by molar-refractivity contribution is 6.00. The van der Waals surface area contributed by atoms with Crippen molar-refractivity contribution in [1.82, 2.24) is 15.2 Å². The number of carbonyl (C=O) groups excluding carboxylic acids is 2. The normalized spacial score (nSPS) is 12.1. The van der Waals surface area contributed by atoms with E-state index in [1.165, 1.54) is 30.5 Å². The average Bonchev–Trinajstić information content (AvgIpc) is 3.02. The van der Waals surface area contributed by atoms with Crippen molar-refractivity contribution < 1.29 is 27.9 Å². The Kier molecular flexibility index (Phi) is 11.7. The Balaban J connectivity index is 1.61. The summed E-state index contributed by atoms with van der Waals surface area (Å²) in [5.41, 5.74) is 2.67. The number of halogens is 3. The van der Waals surface area contributed by atoms with Crippen LogP contribution in [0.15, 0.2) is 79.0 Å². The zero-order valence-corrected chi connectivity index (χ0v) is 26.0. The number of pyridine rings is 1. The van der Waals surface area contributed by atoms with E-state index in [1.807, 2.05) is 13.8 Å². The summed E-state index contributed by atoms with van der Waals surface area (Å²) in [6, 6.07) is 15.8. The summed E-state index contributed by atoms with van der Waals surface area (Å²) in [6.07, 6.45) is 1.51.